The quantitative estimate of drug-likeness (QED) is 0.0387. The minimum atomic E-state index is -4.67. The minimum absolute atomic E-state index is 0.105. The number of benzene rings is 1. The first-order chi connectivity index (χ1) is 27.1. The fraction of sp³-hybridized carbons (Fsp3) is 0.683. The van der Waals surface area contributed by atoms with Gasteiger partial charge >= 0.3 is 7.82 Å². The lowest BCUT2D eigenvalue weighted by Crippen LogP contribution is -2.41. The summed E-state index contributed by atoms with van der Waals surface area (Å²) in [6, 6.07) is 14.9. The monoisotopic (exact) mass is 817 g/mol. The molecular formula is C41H64N5O8PS. The zero-order valence-corrected chi connectivity index (χ0v) is 35.0. The van der Waals surface area contributed by atoms with E-state index in [-0.39, 0.29) is 29.5 Å². The SMILES string of the molecule is CCCCCCCCCCCCCCCCCCO[C@H](C)[C@H](COP(=O)(O)OC[C@H]1O[C@@](C#N)(c2ccc3c(N)ncnn23)[C@H](O)[C@@H]1O)SCc1ccccc1. The molecule has 0 bridgehead atoms. The zero-order chi connectivity index (χ0) is 40.2. The van der Waals surface area contributed by atoms with Crippen LogP contribution in [0.1, 0.15) is 128 Å². The third-order valence-corrected chi connectivity index (χ3v) is 12.9. The van der Waals surface area contributed by atoms with Gasteiger partial charge < -0.3 is 30.3 Å². The molecular weight excluding hydrogens is 754 g/mol. The average Bonchev–Trinajstić information content (AvgIpc) is 3.75. The van der Waals surface area contributed by atoms with E-state index in [0.29, 0.717) is 17.9 Å². The number of unbranched alkanes of at least 4 members (excludes halogenated alkanes) is 15. The number of thioether (sulfide) groups is 1. The normalized spacial score (nSPS) is 21.9. The summed E-state index contributed by atoms with van der Waals surface area (Å²) in [7, 11) is -4.67. The molecule has 1 aliphatic heterocycles. The molecule has 1 fully saturated rings. The number of ether oxygens (including phenoxy) is 2. The van der Waals surface area contributed by atoms with E-state index >= 15 is 0 Å². The summed E-state index contributed by atoms with van der Waals surface area (Å²) in [5.74, 6) is 0.796. The van der Waals surface area contributed by atoms with Gasteiger partial charge in [-0.1, -0.05) is 134 Å². The number of rotatable bonds is 29. The molecule has 1 saturated heterocycles. The molecule has 2 aromatic heterocycles. The Hall–Kier alpha value is -2.57. The predicted molar refractivity (Wildman–Crippen MR) is 220 cm³/mol. The van der Waals surface area contributed by atoms with Crippen LogP contribution >= 0.6 is 19.6 Å². The zero-order valence-electron chi connectivity index (χ0n) is 33.3. The molecule has 1 aromatic carbocycles. The maximum absolute atomic E-state index is 13.1. The van der Waals surface area contributed by atoms with Crippen LogP contribution in [0.3, 0.4) is 0 Å². The Morgan fingerprint density at radius 1 is 0.946 bits per heavy atom. The van der Waals surface area contributed by atoms with Crippen molar-refractivity contribution >= 4 is 30.9 Å². The van der Waals surface area contributed by atoms with E-state index in [1.807, 2.05) is 43.3 Å². The van der Waals surface area contributed by atoms with Crippen LogP contribution in [0.4, 0.5) is 5.82 Å². The van der Waals surface area contributed by atoms with Crippen molar-refractivity contribution < 1.29 is 38.2 Å². The second kappa shape index (κ2) is 24.4. The fourth-order valence-corrected chi connectivity index (χ4v) is 9.02. The van der Waals surface area contributed by atoms with Gasteiger partial charge in [0, 0.05) is 12.4 Å². The van der Waals surface area contributed by atoms with Crippen molar-refractivity contribution in [1.29, 1.82) is 5.26 Å². The molecule has 0 aliphatic carbocycles. The second-order valence-electron chi connectivity index (χ2n) is 14.9. The summed E-state index contributed by atoms with van der Waals surface area (Å²) in [5.41, 5.74) is 5.44. The highest BCUT2D eigenvalue weighted by Crippen LogP contribution is 2.47. The first-order valence-corrected chi connectivity index (χ1v) is 23.1. The number of fused-ring (bicyclic) bond motifs is 1. The summed E-state index contributed by atoms with van der Waals surface area (Å²) in [6.07, 6.45) is 17.0. The molecule has 1 unspecified atom stereocenters. The molecule has 3 heterocycles. The first-order valence-electron chi connectivity index (χ1n) is 20.5. The highest BCUT2D eigenvalue weighted by atomic mass is 32.2. The van der Waals surface area contributed by atoms with E-state index in [9.17, 15) is 24.9 Å². The molecule has 0 radical (unpaired) electrons. The molecule has 13 nitrogen and oxygen atoms in total. The number of nitriles is 1. The van der Waals surface area contributed by atoms with Crippen molar-refractivity contribution in [2.45, 2.75) is 158 Å². The molecule has 312 valence electrons. The standard InChI is InChI=1S/C41H64N5O8PS/c1-3-4-5-6-7-8-9-10-11-12-13-14-15-16-17-21-26-51-32(2)36(56-29-33-22-19-18-20-23-33)28-53-55(49,50)52-27-35-38(47)39(48)41(30-42,54-35)37-25-24-34-40(43)44-31-45-46(34)37/h18-20,22-25,31-32,35-36,38-39,47-48H,3-17,21,26-29H2,1-2H3,(H,49,50)(H2,43,44,45)/t32-,35-,36+,38-,39-,41+/m1/s1. The van der Waals surface area contributed by atoms with Crippen LogP contribution in [0.25, 0.3) is 5.52 Å². The van der Waals surface area contributed by atoms with Gasteiger partial charge in [-0.2, -0.15) is 10.4 Å². The number of aromatic nitrogens is 3. The van der Waals surface area contributed by atoms with Crippen LogP contribution in [0.2, 0.25) is 0 Å². The topological polar surface area (TPSA) is 195 Å². The van der Waals surface area contributed by atoms with Crippen molar-refractivity contribution in [3.63, 3.8) is 0 Å². The number of hydrogen-bond donors (Lipinski definition) is 4. The number of nitrogen functional groups attached to an aromatic ring is 1. The number of hydrogen-bond acceptors (Lipinski definition) is 12. The fourth-order valence-electron chi connectivity index (χ4n) is 7.05. The summed E-state index contributed by atoms with van der Waals surface area (Å²) < 4.78 is 37.2. The third-order valence-electron chi connectivity index (χ3n) is 10.5. The number of nitrogens with zero attached hydrogens (tertiary/aromatic N) is 4. The van der Waals surface area contributed by atoms with Gasteiger partial charge in [0.15, 0.2) is 5.82 Å². The van der Waals surface area contributed by atoms with E-state index in [1.54, 1.807) is 17.8 Å². The van der Waals surface area contributed by atoms with Crippen molar-refractivity contribution in [1.82, 2.24) is 14.6 Å². The van der Waals surface area contributed by atoms with E-state index < -0.39 is 38.3 Å². The van der Waals surface area contributed by atoms with Crippen molar-refractivity contribution in [2.24, 2.45) is 0 Å². The van der Waals surface area contributed by atoms with E-state index in [4.69, 9.17) is 24.3 Å². The number of phosphoric ester groups is 1. The lowest BCUT2D eigenvalue weighted by Gasteiger charge is -2.25. The predicted octanol–water partition coefficient (Wildman–Crippen LogP) is 8.25. The molecule has 7 atom stereocenters. The van der Waals surface area contributed by atoms with Crippen LogP contribution in [-0.2, 0) is 34.4 Å². The van der Waals surface area contributed by atoms with Gasteiger partial charge in [-0.3, -0.25) is 9.05 Å². The number of nitrogens with two attached hydrogens (primary N) is 1. The molecule has 1 aliphatic rings. The van der Waals surface area contributed by atoms with E-state index in [1.165, 1.54) is 107 Å². The van der Waals surface area contributed by atoms with Gasteiger partial charge in [-0.05, 0) is 31.0 Å². The van der Waals surface area contributed by atoms with Gasteiger partial charge in [0.05, 0.1) is 30.3 Å². The van der Waals surface area contributed by atoms with Gasteiger partial charge in [-0.25, -0.2) is 14.1 Å². The van der Waals surface area contributed by atoms with E-state index in [0.717, 1.165) is 18.4 Å². The highest BCUT2D eigenvalue weighted by molar-refractivity contribution is 7.99. The number of aliphatic hydroxyl groups excluding tert-OH is 2. The Morgan fingerprint density at radius 3 is 2.16 bits per heavy atom. The van der Waals surface area contributed by atoms with Crippen molar-refractivity contribution in [2.75, 3.05) is 25.6 Å². The Labute approximate surface area is 337 Å². The molecule has 0 spiro atoms. The Balaban J connectivity index is 1.18. The number of phosphoric acid groups is 1. The van der Waals surface area contributed by atoms with Crippen molar-refractivity contribution in [3.8, 4) is 6.07 Å². The molecule has 3 aromatic rings. The van der Waals surface area contributed by atoms with Crippen molar-refractivity contribution in [3.05, 3.63) is 60.0 Å². The molecule has 4 rings (SSSR count). The van der Waals surface area contributed by atoms with Crippen LogP contribution in [0.5, 0.6) is 0 Å². The third kappa shape index (κ3) is 14.1. The molecule has 0 amide bonds. The number of anilines is 1. The first kappa shape index (κ1) is 46.1. The smallest absolute Gasteiger partial charge is 0.387 e. The Morgan fingerprint density at radius 2 is 1.55 bits per heavy atom. The molecule has 15 heteroatoms. The van der Waals surface area contributed by atoms with Gasteiger partial charge in [-0.15, -0.1) is 11.8 Å². The summed E-state index contributed by atoms with van der Waals surface area (Å²) in [6.45, 7) is 4.02. The maximum Gasteiger partial charge on any atom is 0.472 e. The van der Waals surface area contributed by atoms with Crippen LogP contribution in [0, 0.1) is 11.3 Å². The van der Waals surface area contributed by atoms with Crippen LogP contribution in [0.15, 0.2) is 48.8 Å². The summed E-state index contributed by atoms with van der Waals surface area (Å²) in [5, 5.41) is 35.8. The van der Waals surface area contributed by atoms with Gasteiger partial charge in [0.1, 0.15) is 36.2 Å². The Kier molecular flexibility index (Phi) is 20.1. The average molecular weight is 818 g/mol. The summed E-state index contributed by atoms with van der Waals surface area (Å²) >= 11 is 1.57. The van der Waals surface area contributed by atoms with Gasteiger partial charge in [0.25, 0.3) is 0 Å². The lowest BCUT2D eigenvalue weighted by atomic mass is 9.92. The lowest BCUT2D eigenvalue weighted by molar-refractivity contribution is -0.0644. The van der Waals surface area contributed by atoms with Crippen LogP contribution in [-0.4, -0.2) is 79.2 Å². The molecule has 0 saturated carbocycles. The molecule has 56 heavy (non-hydrogen) atoms. The molecule has 5 N–H and O–H groups in total. The second-order valence-corrected chi connectivity index (χ2v) is 17.6. The van der Waals surface area contributed by atoms with Gasteiger partial charge in [0.2, 0.25) is 5.60 Å². The Bertz CT molecular complexity index is 1650. The van der Waals surface area contributed by atoms with E-state index in [2.05, 4.69) is 17.0 Å². The number of aliphatic hydroxyl groups is 2. The summed E-state index contributed by atoms with van der Waals surface area (Å²) in [4.78, 5) is 14.6. The minimum Gasteiger partial charge on any atom is -0.387 e. The van der Waals surface area contributed by atoms with Crippen LogP contribution < -0.4 is 5.73 Å². The largest absolute Gasteiger partial charge is 0.472 e. The highest BCUT2D eigenvalue weighted by Gasteiger charge is 2.58. The maximum atomic E-state index is 13.1.